The van der Waals surface area contributed by atoms with Gasteiger partial charge in [0.15, 0.2) is 0 Å². The van der Waals surface area contributed by atoms with Gasteiger partial charge in [-0.15, -0.1) is 0 Å². The van der Waals surface area contributed by atoms with Crippen LogP contribution in [0.5, 0.6) is 0 Å². The first-order valence-corrected chi connectivity index (χ1v) is 6.23. The zero-order valence-corrected chi connectivity index (χ0v) is 9.19. The monoisotopic (exact) mass is 246 g/mol. The van der Waals surface area contributed by atoms with Crippen LogP contribution >= 0.6 is 0 Å². The third-order valence-corrected chi connectivity index (χ3v) is 4.27. The number of nitrogens with zero attached hydrogens (tertiary/aromatic N) is 2. The average Bonchev–Trinajstić information content (AvgIpc) is 2.65. The second-order valence-electron chi connectivity index (χ2n) is 3.64. The SMILES string of the molecule is O=S(=O)(c1cncc(F)c1)N1CC[C@H](O)C1. The molecular formula is C9H11FN2O3S. The molecule has 0 spiro atoms. The second kappa shape index (κ2) is 4.08. The predicted octanol–water partition coefficient (Wildman–Crippen LogP) is -0.0240. The van der Waals surface area contributed by atoms with Crippen LogP contribution in [-0.4, -0.2) is 42.0 Å². The number of aromatic nitrogens is 1. The van der Waals surface area contributed by atoms with Crippen molar-refractivity contribution < 1.29 is 17.9 Å². The summed E-state index contributed by atoms with van der Waals surface area (Å²) in [5.41, 5.74) is 0. The molecule has 1 aromatic rings. The molecule has 0 bridgehead atoms. The molecule has 0 aromatic carbocycles. The van der Waals surface area contributed by atoms with Crippen LogP contribution in [-0.2, 0) is 10.0 Å². The number of sulfonamides is 1. The van der Waals surface area contributed by atoms with Gasteiger partial charge in [0.1, 0.15) is 10.7 Å². The molecule has 0 unspecified atom stereocenters. The lowest BCUT2D eigenvalue weighted by molar-refractivity contribution is 0.189. The normalized spacial score (nSPS) is 22.5. The molecule has 5 nitrogen and oxygen atoms in total. The minimum Gasteiger partial charge on any atom is -0.392 e. The Bertz CT molecular complexity index is 491. The lowest BCUT2D eigenvalue weighted by Crippen LogP contribution is -2.29. The average molecular weight is 246 g/mol. The van der Waals surface area contributed by atoms with E-state index in [0.717, 1.165) is 22.8 Å². The molecule has 1 aromatic heterocycles. The fourth-order valence-electron chi connectivity index (χ4n) is 1.61. The highest BCUT2D eigenvalue weighted by molar-refractivity contribution is 7.89. The van der Waals surface area contributed by atoms with E-state index in [0.29, 0.717) is 6.42 Å². The van der Waals surface area contributed by atoms with Crippen LogP contribution in [0.25, 0.3) is 0 Å². The molecule has 1 fully saturated rings. The molecule has 0 saturated carbocycles. The van der Waals surface area contributed by atoms with Gasteiger partial charge in [0.05, 0.1) is 12.3 Å². The Labute approximate surface area is 92.6 Å². The van der Waals surface area contributed by atoms with Crippen molar-refractivity contribution in [3.8, 4) is 0 Å². The summed E-state index contributed by atoms with van der Waals surface area (Å²) in [5, 5.41) is 9.27. The molecule has 1 N–H and O–H groups in total. The van der Waals surface area contributed by atoms with Gasteiger partial charge in [0, 0.05) is 19.3 Å². The second-order valence-corrected chi connectivity index (χ2v) is 5.58. The fourth-order valence-corrected chi connectivity index (χ4v) is 3.08. The van der Waals surface area contributed by atoms with E-state index >= 15 is 0 Å². The quantitative estimate of drug-likeness (QED) is 0.796. The predicted molar refractivity (Wildman–Crippen MR) is 53.6 cm³/mol. The van der Waals surface area contributed by atoms with Crippen molar-refractivity contribution in [2.24, 2.45) is 0 Å². The maximum absolute atomic E-state index is 12.9. The van der Waals surface area contributed by atoms with Gasteiger partial charge in [0.25, 0.3) is 0 Å². The third kappa shape index (κ3) is 2.06. The molecule has 1 atom stereocenters. The summed E-state index contributed by atoms with van der Waals surface area (Å²) in [6, 6.07) is 0.924. The van der Waals surface area contributed by atoms with E-state index in [4.69, 9.17) is 0 Å². The maximum atomic E-state index is 12.9. The summed E-state index contributed by atoms with van der Waals surface area (Å²) in [4.78, 5) is 3.32. The van der Waals surface area contributed by atoms with Gasteiger partial charge in [-0.1, -0.05) is 0 Å². The van der Waals surface area contributed by atoms with Gasteiger partial charge in [-0.2, -0.15) is 4.31 Å². The summed E-state index contributed by atoms with van der Waals surface area (Å²) in [6.45, 7) is 0.304. The molecule has 0 aliphatic carbocycles. The summed E-state index contributed by atoms with van der Waals surface area (Å²) in [5.74, 6) is -0.694. The molecule has 2 rings (SSSR count). The van der Waals surface area contributed by atoms with Crippen molar-refractivity contribution in [1.82, 2.24) is 9.29 Å². The van der Waals surface area contributed by atoms with E-state index < -0.39 is 21.9 Å². The maximum Gasteiger partial charge on any atom is 0.244 e. The highest BCUT2D eigenvalue weighted by atomic mass is 32.2. The molecule has 0 amide bonds. The van der Waals surface area contributed by atoms with Gasteiger partial charge in [-0.3, -0.25) is 4.98 Å². The number of hydrogen-bond donors (Lipinski definition) is 1. The van der Waals surface area contributed by atoms with Crippen LogP contribution in [0.3, 0.4) is 0 Å². The van der Waals surface area contributed by atoms with E-state index in [2.05, 4.69) is 4.98 Å². The Morgan fingerprint density at radius 2 is 2.25 bits per heavy atom. The molecule has 88 valence electrons. The minimum atomic E-state index is -3.72. The fraction of sp³-hybridized carbons (Fsp3) is 0.444. The molecule has 1 saturated heterocycles. The van der Waals surface area contributed by atoms with Crippen molar-refractivity contribution in [3.05, 3.63) is 24.3 Å². The summed E-state index contributed by atoms with van der Waals surface area (Å²) >= 11 is 0. The summed E-state index contributed by atoms with van der Waals surface area (Å²) in [7, 11) is -3.72. The lowest BCUT2D eigenvalue weighted by atomic mass is 10.3. The van der Waals surface area contributed by atoms with E-state index in [1.54, 1.807) is 0 Å². The number of halogens is 1. The standard InChI is InChI=1S/C9H11FN2O3S/c10-7-3-9(5-11-4-7)16(14,15)12-2-1-8(13)6-12/h3-5,8,13H,1-2,6H2/t8-/m0/s1. The van der Waals surface area contributed by atoms with E-state index in [9.17, 15) is 17.9 Å². The van der Waals surface area contributed by atoms with Crippen LogP contribution in [0.4, 0.5) is 4.39 Å². The molecule has 1 aliphatic rings. The first kappa shape index (κ1) is 11.4. The van der Waals surface area contributed by atoms with Gasteiger partial charge in [-0.25, -0.2) is 12.8 Å². The highest BCUT2D eigenvalue weighted by Gasteiger charge is 2.31. The lowest BCUT2D eigenvalue weighted by Gasteiger charge is -2.15. The van der Waals surface area contributed by atoms with Crippen LogP contribution in [0.1, 0.15) is 6.42 Å². The van der Waals surface area contributed by atoms with Crippen LogP contribution in [0.15, 0.2) is 23.4 Å². The molecule has 16 heavy (non-hydrogen) atoms. The van der Waals surface area contributed by atoms with Crippen molar-refractivity contribution in [2.45, 2.75) is 17.4 Å². The Morgan fingerprint density at radius 3 is 2.81 bits per heavy atom. The van der Waals surface area contributed by atoms with Gasteiger partial charge in [0.2, 0.25) is 10.0 Å². The molecular weight excluding hydrogens is 235 g/mol. The molecule has 2 heterocycles. The number of hydrogen-bond acceptors (Lipinski definition) is 4. The zero-order valence-electron chi connectivity index (χ0n) is 8.38. The Balaban J connectivity index is 2.32. The van der Waals surface area contributed by atoms with Crippen LogP contribution < -0.4 is 0 Å². The Morgan fingerprint density at radius 1 is 1.50 bits per heavy atom. The third-order valence-electron chi connectivity index (χ3n) is 2.44. The number of rotatable bonds is 2. The first-order chi connectivity index (χ1) is 7.50. The first-order valence-electron chi connectivity index (χ1n) is 4.79. The Hall–Kier alpha value is -1.05. The van der Waals surface area contributed by atoms with Crippen molar-refractivity contribution in [3.63, 3.8) is 0 Å². The van der Waals surface area contributed by atoms with Gasteiger partial charge in [-0.05, 0) is 12.5 Å². The number of aliphatic hydroxyl groups is 1. The van der Waals surface area contributed by atoms with Gasteiger partial charge >= 0.3 is 0 Å². The number of aliphatic hydroxyl groups excluding tert-OH is 1. The van der Waals surface area contributed by atoms with E-state index in [-0.39, 0.29) is 18.0 Å². The topological polar surface area (TPSA) is 70.5 Å². The zero-order chi connectivity index (χ0) is 11.8. The van der Waals surface area contributed by atoms with Crippen molar-refractivity contribution in [1.29, 1.82) is 0 Å². The Kier molecular flexibility index (Phi) is 2.92. The van der Waals surface area contributed by atoms with E-state index in [1.807, 2.05) is 0 Å². The summed E-state index contributed by atoms with van der Waals surface area (Å²) in [6.07, 6.45) is 1.81. The smallest absolute Gasteiger partial charge is 0.244 e. The van der Waals surface area contributed by atoms with Crippen LogP contribution in [0.2, 0.25) is 0 Å². The van der Waals surface area contributed by atoms with Crippen molar-refractivity contribution >= 4 is 10.0 Å². The summed E-state index contributed by atoms with van der Waals surface area (Å²) < 4.78 is 37.9. The number of β-amino-alcohol motifs (C(OH)–C–C–N with tert-alkyl or cyclic N) is 1. The van der Waals surface area contributed by atoms with Crippen molar-refractivity contribution in [2.75, 3.05) is 13.1 Å². The molecule has 1 aliphatic heterocycles. The highest BCUT2D eigenvalue weighted by Crippen LogP contribution is 2.20. The molecule has 7 heteroatoms. The minimum absolute atomic E-state index is 0.0544. The molecule has 0 radical (unpaired) electrons. The van der Waals surface area contributed by atoms with Crippen LogP contribution in [0, 0.1) is 5.82 Å². The number of pyridine rings is 1. The van der Waals surface area contributed by atoms with Gasteiger partial charge < -0.3 is 5.11 Å². The van der Waals surface area contributed by atoms with E-state index in [1.165, 1.54) is 0 Å². The largest absolute Gasteiger partial charge is 0.392 e.